The number of ketones is 1. The zero-order valence-corrected chi connectivity index (χ0v) is 10.2. The third kappa shape index (κ3) is 2.52. The van der Waals surface area contributed by atoms with E-state index in [0.717, 1.165) is 9.48 Å². The first kappa shape index (κ1) is 10.5. The number of nitrogens with zero attached hydrogens (tertiary/aromatic N) is 1. The van der Waals surface area contributed by atoms with Gasteiger partial charge in [-0.3, -0.25) is 4.79 Å². The van der Waals surface area contributed by atoms with E-state index in [2.05, 4.69) is 20.9 Å². The van der Waals surface area contributed by atoms with E-state index in [4.69, 9.17) is 0 Å². The molecule has 0 aliphatic carbocycles. The van der Waals surface area contributed by atoms with Crippen molar-refractivity contribution in [3.63, 3.8) is 0 Å². The smallest absolute Gasteiger partial charge is 0.170 e. The molecule has 1 heterocycles. The highest BCUT2D eigenvalue weighted by Crippen LogP contribution is 2.18. The minimum atomic E-state index is 0.0948. The highest BCUT2D eigenvalue weighted by molar-refractivity contribution is 9.10. The average molecular weight is 282 g/mol. The summed E-state index contributed by atoms with van der Waals surface area (Å²) in [6.07, 6.45) is 2.09. The van der Waals surface area contributed by atoms with Gasteiger partial charge in [0.1, 0.15) is 5.01 Å². The Bertz CT molecular complexity index is 467. The van der Waals surface area contributed by atoms with Crippen LogP contribution in [0.1, 0.15) is 15.4 Å². The van der Waals surface area contributed by atoms with Crippen LogP contribution in [0.2, 0.25) is 0 Å². The molecule has 0 N–H and O–H groups in total. The lowest BCUT2D eigenvalue weighted by Crippen LogP contribution is -2.03. The van der Waals surface area contributed by atoms with Gasteiger partial charge in [-0.1, -0.05) is 34.1 Å². The van der Waals surface area contributed by atoms with E-state index in [1.54, 1.807) is 6.20 Å². The predicted octanol–water partition coefficient (Wildman–Crippen LogP) is 3.33. The molecule has 15 heavy (non-hydrogen) atoms. The van der Waals surface area contributed by atoms with Crippen LogP contribution in [-0.4, -0.2) is 10.8 Å². The van der Waals surface area contributed by atoms with Crippen LogP contribution in [0.3, 0.4) is 0 Å². The van der Waals surface area contributed by atoms with Gasteiger partial charge in [-0.05, 0) is 6.07 Å². The first-order valence-corrected chi connectivity index (χ1v) is 6.11. The van der Waals surface area contributed by atoms with E-state index < -0.39 is 0 Å². The van der Waals surface area contributed by atoms with E-state index in [1.165, 1.54) is 11.3 Å². The van der Waals surface area contributed by atoms with Crippen LogP contribution < -0.4 is 0 Å². The lowest BCUT2D eigenvalue weighted by molar-refractivity contribution is 0.0992. The molecule has 0 bridgehead atoms. The van der Waals surface area contributed by atoms with Gasteiger partial charge >= 0.3 is 0 Å². The van der Waals surface area contributed by atoms with E-state index in [0.29, 0.717) is 12.0 Å². The van der Waals surface area contributed by atoms with Crippen LogP contribution >= 0.6 is 27.3 Å². The Balaban J connectivity index is 2.19. The number of aromatic nitrogens is 1. The normalized spacial score (nSPS) is 10.2. The summed E-state index contributed by atoms with van der Waals surface area (Å²) in [7, 11) is 0. The Kier molecular flexibility index (Phi) is 3.28. The Labute approximate surface area is 100 Å². The second kappa shape index (κ2) is 4.68. The van der Waals surface area contributed by atoms with Gasteiger partial charge in [0.05, 0.1) is 6.42 Å². The fourth-order valence-electron chi connectivity index (χ4n) is 1.26. The van der Waals surface area contributed by atoms with Crippen molar-refractivity contribution in [1.29, 1.82) is 0 Å². The molecule has 0 atom stereocenters. The quantitative estimate of drug-likeness (QED) is 0.808. The summed E-state index contributed by atoms with van der Waals surface area (Å²) >= 11 is 4.87. The van der Waals surface area contributed by atoms with Gasteiger partial charge in [-0.2, -0.15) is 0 Å². The molecule has 2 aromatic rings. The molecule has 0 aliphatic heterocycles. The van der Waals surface area contributed by atoms with Crippen molar-refractivity contribution in [2.24, 2.45) is 0 Å². The summed E-state index contributed by atoms with van der Waals surface area (Å²) in [5.41, 5.74) is 0.715. The zero-order valence-electron chi connectivity index (χ0n) is 7.81. The number of rotatable bonds is 3. The van der Waals surface area contributed by atoms with E-state index >= 15 is 0 Å². The first-order chi connectivity index (χ1) is 7.27. The molecule has 1 aromatic heterocycles. The molecule has 0 amide bonds. The third-order valence-corrected chi connectivity index (χ3v) is 3.44. The van der Waals surface area contributed by atoms with Gasteiger partial charge in [0, 0.05) is 21.6 Å². The Morgan fingerprint density at radius 1 is 1.40 bits per heavy atom. The van der Waals surface area contributed by atoms with Gasteiger partial charge in [0.2, 0.25) is 0 Å². The number of carbonyl (C=O) groups excluding carboxylic acids is 1. The SMILES string of the molecule is O=C(Cc1nccs1)c1ccccc1Br. The number of benzene rings is 1. The number of carbonyl (C=O) groups is 1. The lowest BCUT2D eigenvalue weighted by atomic mass is 10.1. The molecule has 0 spiro atoms. The molecule has 2 rings (SSSR count). The number of Topliss-reactive ketones (excluding diaryl/α,β-unsaturated/α-hetero) is 1. The molecule has 4 heteroatoms. The monoisotopic (exact) mass is 281 g/mol. The Morgan fingerprint density at radius 3 is 2.87 bits per heavy atom. The van der Waals surface area contributed by atoms with Crippen molar-refractivity contribution in [1.82, 2.24) is 4.98 Å². The molecule has 0 radical (unpaired) electrons. The minimum Gasteiger partial charge on any atom is -0.294 e. The van der Waals surface area contributed by atoms with Gasteiger partial charge in [0.15, 0.2) is 5.78 Å². The molecule has 76 valence electrons. The van der Waals surface area contributed by atoms with Crippen LogP contribution in [0.4, 0.5) is 0 Å². The molecule has 0 saturated carbocycles. The lowest BCUT2D eigenvalue weighted by Gasteiger charge is -2.00. The van der Waals surface area contributed by atoms with Gasteiger partial charge in [-0.15, -0.1) is 11.3 Å². The molecule has 2 nitrogen and oxygen atoms in total. The fourth-order valence-corrected chi connectivity index (χ4v) is 2.38. The van der Waals surface area contributed by atoms with Crippen LogP contribution in [0, 0.1) is 0 Å². The zero-order chi connectivity index (χ0) is 10.7. The van der Waals surface area contributed by atoms with Crippen molar-refractivity contribution in [2.75, 3.05) is 0 Å². The highest BCUT2D eigenvalue weighted by atomic mass is 79.9. The van der Waals surface area contributed by atoms with Crippen LogP contribution in [0.15, 0.2) is 40.3 Å². The third-order valence-electron chi connectivity index (χ3n) is 1.97. The molecule has 1 aromatic carbocycles. The summed E-state index contributed by atoms with van der Waals surface area (Å²) in [6.45, 7) is 0. The second-order valence-corrected chi connectivity index (χ2v) is 4.84. The Morgan fingerprint density at radius 2 is 2.20 bits per heavy atom. The first-order valence-electron chi connectivity index (χ1n) is 4.43. The number of hydrogen-bond acceptors (Lipinski definition) is 3. The maximum Gasteiger partial charge on any atom is 0.170 e. The maximum atomic E-state index is 11.9. The molecule has 0 saturated heterocycles. The van der Waals surface area contributed by atoms with Crippen molar-refractivity contribution in [3.8, 4) is 0 Å². The topological polar surface area (TPSA) is 30.0 Å². The van der Waals surface area contributed by atoms with Crippen LogP contribution in [-0.2, 0) is 6.42 Å². The summed E-state index contributed by atoms with van der Waals surface area (Å²) in [4.78, 5) is 16.0. The van der Waals surface area contributed by atoms with Crippen molar-refractivity contribution in [3.05, 3.63) is 50.9 Å². The maximum absolute atomic E-state index is 11.9. The minimum absolute atomic E-state index is 0.0948. The number of hydrogen-bond donors (Lipinski definition) is 0. The van der Waals surface area contributed by atoms with Crippen LogP contribution in [0.5, 0.6) is 0 Å². The average Bonchev–Trinajstić information content (AvgIpc) is 2.71. The summed E-state index contributed by atoms with van der Waals surface area (Å²) in [5, 5.41) is 2.73. The Hall–Kier alpha value is -1.00. The highest BCUT2D eigenvalue weighted by Gasteiger charge is 2.11. The van der Waals surface area contributed by atoms with E-state index in [1.807, 2.05) is 29.6 Å². The molecule has 0 fully saturated rings. The van der Waals surface area contributed by atoms with E-state index in [9.17, 15) is 4.79 Å². The van der Waals surface area contributed by atoms with Crippen molar-refractivity contribution in [2.45, 2.75) is 6.42 Å². The number of thiazole rings is 1. The second-order valence-electron chi connectivity index (χ2n) is 3.01. The summed E-state index contributed by atoms with van der Waals surface area (Å²) in [6, 6.07) is 7.44. The van der Waals surface area contributed by atoms with Crippen molar-refractivity contribution < 1.29 is 4.79 Å². The van der Waals surface area contributed by atoms with Crippen LogP contribution in [0.25, 0.3) is 0 Å². The van der Waals surface area contributed by atoms with Gasteiger partial charge in [-0.25, -0.2) is 4.98 Å². The summed E-state index contributed by atoms with van der Waals surface area (Å²) < 4.78 is 0.839. The molecular weight excluding hydrogens is 274 g/mol. The fraction of sp³-hybridized carbons (Fsp3) is 0.0909. The molecule has 0 unspecified atom stereocenters. The largest absolute Gasteiger partial charge is 0.294 e. The standard InChI is InChI=1S/C11H8BrNOS/c12-9-4-2-1-3-8(9)10(14)7-11-13-5-6-15-11/h1-6H,7H2. The molecule has 0 aliphatic rings. The predicted molar refractivity (Wildman–Crippen MR) is 64.3 cm³/mol. The summed E-state index contributed by atoms with van der Waals surface area (Å²) in [5.74, 6) is 0.0948. The van der Waals surface area contributed by atoms with Gasteiger partial charge < -0.3 is 0 Å². The molecular formula is C11H8BrNOS. The number of halogens is 1. The van der Waals surface area contributed by atoms with Gasteiger partial charge in [0.25, 0.3) is 0 Å². The van der Waals surface area contributed by atoms with Crippen molar-refractivity contribution >= 4 is 33.0 Å². The van der Waals surface area contributed by atoms with E-state index in [-0.39, 0.29) is 5.78 Å².